The van der Waals surface area contributed by atoms with Crippen molar-refractivity contribution in [3.8, 4) is 0 Å². The zero-order chi connectivity index (χ0) is 15.6. The van der Waals surface area contributed by atoms with Crippen LogP contribution in [0, 0.1) is 0 Å². The van der Waals surface area contributed by atoms with Crippen molar-refractivity contribution in [2.24, 2.45) is 0 Å². The third-order valence-corrected chi connectivity index (χ3v) is 3.22. The van der Waals surface area contributed by atoms with Gasteiger partial charge in [0.15, 0.2) is 0 Å². The summed E-state index contributed by atoms with van der Waals surface area (Å²) in [4.78, 5) is 14.2. The zero-order valence-electron chi connectivity index (χ0n) is 13.9. The summed E-state index contributed by atoms with van der Waals surface area (Å²) >= 11 is 0. The molecule has 0 aromatic heterocycles. The van der Waals surface area contributed by atoms with E-state index in [0.29, 0.717) is 6.54 Å². The van der Waals surface area contributed by atoms with Gasteiger partial charge in [-0.3, -0.25) is 9.69 Å². The Hall–Kier alpha value is -0.650. The molecule has 1 atom stereocenters. The average molecular weight is 286 g/mol. The van der Waals surface area contributed by atoms with E-state index in [9.17, 15) is 4.79 Å². The largest absolute Gasteiger partial charge is 0.468 e. The number of carbonyl (C=O) groups excluding carboxylic acids is 1. The standard InChI is InChI=1S/C15H30N2O3/c1-11(2)16-12(13(18)19-7)8-17-9-14(3,4)20-15(5,6)10-17/h11-12,16H,8-10H2,1-7H3. The first kappa shape index (κ1) is 17.4. The van der Waals surface area contributed by atoms with Gasteiger partial charge >= 0.3 is 5.97 Å². The van der Waals surface area contributed by atoms with Crippen molar-refractivity contribution < 1.29 is 14.3 Å². The number of morpholine rings is 1. The van der Waals surface area contributed by atoms with E-state index >= 15 is 0 Å². The minimum atomic E-state index is -0.301. The number of nitrogens with one attached hydrogen (secondary N) is 1. The molecule has 1 aliphatic rings. The Morgan fingerprint density at radius 2 is 1.75 bits per heavy atom. The number of ether oxygens (including phenoxy) is 2. The van der Waals surface area contributed by atoms with Gasteiger partial charge in [-0.05, 0) is 27.7 Å². The van der Waals surface area contributed by atoms with E-state index in [1.807, 2.05) is 13.8 Å². The summed E-state index contributed by atoms with van der Waals surface area (Å²) in [6.45, 7) is 14.7. The van der Waals surface area contributed by atoms with E-state index in [0.717, 1.165) is 13.1 Å². The van der Waals surface area contributed by atoms with Crippen LogP contribution in [0.25, 0.3) is 0 Å². The SMILES string of the molecule is COC(=O)C(CN1CC(C)(C)OC(C)(C)C1)NC(C)C. The third-order valence-electron chi connectivity index (χ3n) is 3.22. The normalized spacial score (nSPS) is 23.6. The number of carbonyl (C=O) groups is 1. The van der Waals surface area contributed by atoms with Crippen molar-refractivity contribution in [3.63, 3.8) is 0 Å². The lowest BCUT2D eigenvalue weighted by Crippen LogP contribution is -2.60. The molecule has 20 heavy (non-hydrogen) atoms. The van der Waals surface area contributed by atoms with Crippen LogP contribution in [-0.2, 0) is 14.3 Å². The predicted molar refractivity (Wildman–Crippen MR) is 79.8 cm³/mol. The highest BCUT2D eigenvalue weighted by Crippen LogP contribution is 2.28. The summed E-state index contributed by atoms with van der Waals surface area (Å²) in [7, 11) is 1.44. The van der Waals surface area contributed by atoms with Crippen LogP contribution in [0.4, 0.5) is 0 Å². The summed E-state index contributed by atoms with van der Waals surface area (Å²) in [6, 6.07) is -0.0640. The van der Waals surface area contributed by atoms with Crippen LogP contribution >= 0.6 is 0 Å². The average Bonchev–Trinajstić information content (AvgIpc) is 2.21. The Bertz CT molecular complexity index is 324. The van der Waals surface area contributed by atoms with Gasteiger partial charge in [-0.15, -0.1) is 0 Å². The van der Waals surface area contributed by atoms with Crippen LogP contribution < -0.4 is 5.32 Å². The molecule has 1 heterocycles. The molecule has 1 unspecified atom stereocenters. The molecule has 1 fully saturated rings. The monoisotopic (exact) mass is 286 g/mol. The Kier molecular flexibility index (Phi) is 5.58. The molecule has 5 heteroatoms. The molecule has 1 aliphatic heterocycles. The smallest absolute Gasteiger partial charge is 0.324 e. The second-order valence-corrected chi connectivity index (χ2v) is 7.19. The maximum absolute atomic E-state index is 11.9. The van der Waals surface area contributed by atoms with Crippen LogP contribution in [0.15, 0.2) is 0 Å². The lowest BCUT2D eigenvalue weighted by molar-refractivity contribution is -0.182. The molecule has 0 saturated carbocycles. The van der Waals surface area contributed by atoms with Gasteiger partial charge in [-0.2, -0.15) is 0 Å². The first-order valence-corrected chi connectivity index (χ1v) is 7.31. The molecule has 1 saturated heterocycles. The Morgan fingerprint density at radius 1 is 1.25 bits per heavy atom. The number of esters is 1. The van der Waals surface area contributed by atoms with E-state index in [4.69, 9.17) is 9.47 Å². The van der Waals surface area contributed by atoms with Gasteiger partial charge in [-0.25, -0.2) is 0 Å². The molecule has 0 aromatic rings. The predicted octanol–water partition coefficient (Wildman–Crippen LogP) is 1.42. The maximum atomic E-state index is 11.9. The number of hydrogen-bond acceptors (Lipinski definition) is 5. The van der Waals surface area contributed by atoms with Crippen LogP contribution in [-0.4, -0.2) is 60.9 Å². The Morgan fingerprint density at radius 3 is 2.15 bits per heavy atom. The van der Waals surface area contributed by atoms with Crippen molar-refractivity contribution >= 4 is 5.97 Å². The number of rotatable bonds is 5. The lowest BCUT2D eigenvalue weighted by Gasteiger charge is -2.47. The van der Waals surface area contributed by atoms with E-state index in [2.05, 4.69) is 37.9 Å². The van der Waals surface area contributed by atoms with Crippen LogP contribution in [0.3, 0.4) is 0 Å². The molecule has 0 aliphatic carbocycles. The fraction of sp³-hybridized carbons (Fsp3) is 0.933. The van der Waals surface area contributed by atoms with Crippen molar-refractivity contribution in [2.75, 3.05) is 26.7 Å². The van der Waals surface area contributed by atoms with E-state index in [1.165, 1.54) is 7.11 Å². The van der Waals surface area contributed by atoms with Crippen molar-refractivity contribution in [3.05, 3.63) is 0 Å². The number of hydrogen-bond donors (Lipinski definition) is 1. The fourth-order valence-corrected chi connectivity index (χ4v) is 3.07. The van der Waals surface area contributed by atoms with E-state index in [1.54, 1.807) is 0 Å². The molecular weight excluding hydrogens is 256 g/mol. The molecule has 0 aromatic carbocycles. The van der Waals surface area contributed by atoms with Crippen LogP contribution in [0.2, 0.25) is 0 Å². The second kappa shape index (κ2) is 6.41. The van der Waals surface area contributed by atoms with Gasteiger partial charge in [0.05, 0.1) is 18.3 Å². The van der Waals surface area contributed by atoms with Gasteiger partial charge in [0, 0.05) is 25.7 Å². The summed E-state index contributed by atoms with van der Waals surface area (Å²) in [5.74, 6) is -0.208. The van der Waals surface area contributed by atoms with Gasteiger partial charge in [0.1, 0.15) is 6.04 Å². The highest BCUT2D eigenvalue weighted by molar-refractivity contribution is 5.76. The topological polar surface area (TPSA) is 50.8 Å². The maximum Gasteiger partial charge on any atom is 0.324 e. The Labute approximate surface area is 123 Å². The lowest BCUT2D eigenvalue weighted by atomic mass is 9.98. The molecule has 0 amide bonds. The quantitative estimate of drug-likeness (QED) is 0.775. The molecular formula is C15H30N2O3. The first-order valence-electron chi connectivity index (χ1n) is 7.31. The molecule has 0 bridgehead atoms. The summed E-state index contributed by atoms with van der Waals surface area (Å²) in [5, 5.41) is 3.28. The molecule has 1 N–H and O–H groups in total. The minimum absolute atomic E-state index is 0.208. The van der Waals surface area contributed by atoms with Gasteiger partial charge < -0.3 is 14.8 Å². The van der Waals surface area contributed by atoms with Crippen molar-refractivity contribution in [1.29, 1.82) is 0 Å². The van der Waals surface area contributed by atoms with E-state index in [-0.39, 0.29) is 29.3 Å². The van der Waals surface area contributed by atoms with Crippen molar-refractivity contribution in [2.45, 2.75) is 64.8 Å². The summed E-state index contributed by atoms with van der Waals surface area (Å²) < 4.78 is 11.0. The van der Waals surface area contributed by atoms with Gasteiger partial charge in [-0.1, -0.05) is 13.8 Å². The minimum Gasteiger partial charge on any atom is -0.468 e. The molecule has 1 rings (SSSR count). The first-order chi connectivity index (χ1) is 9.04. The fourth-order valence-electron chi connectivity index (χ4n) is 3.07. The molecule has 0 spiro atoms. The Balaban J connectivity index is 2.74. The zero-order valence-corrected chi connectivity index (χ0v) is 13.9. The van der Waals surface area contributed by atoms with Crippen LogP contribution in [0.1, 0.15) is 41.5 Å². The molecule has 118 valence electrons. The van der Waals surface area contributed by atoms with Gasteiger partial charge in [0.2, 0.25) is 0 Å². The summed E-state index contributed by atoms with van der Waals surface area (Å²) in [5.41, 5.74) is -0.416. The molecule has 5 nitrogen and oxygen atoms in total. The second-order valence-electron chi connectivity index (χ2n) is 7.19. The molecule has 0 radical (unpaired) electrons. The van der Waals surface area contributed by atoms with Crippen molar-refractivity contribution in [1.82, 2.24) is 10.2 Å². The van der Waals surface area contributed by atoms with E-state index < -0.39 is 0 Å². The highest BCUT2D eigenvalue weighted by Gasteiger charge is 2.39. The highest BCUT2D eigenvalue weighted by atomic mass is 16.5. The summed E-state index contributed by atoms with van der Waals surface area (Å²) in [6.07, 6.45) is 0. The van der Waals surface area contributed by atoms with Gasteiger partial charge in [0.25, 0.3) is 0 Å². The third kappa shape index (κ3) is 5.38. The number of nitrogens with zero attached hydrogens (tertiary/aromatic N) is 1. The number of methoxy groups -OCH3 is 1. The van der Waals surface area contributed by atoms with Crippen LogP contribution in [0.5, 0.6) is 0 Å².